The minimum absolute atomic E-state index is 0.565. The van der Waals surface area contributed by atoms with Gasteiger partial charge in [-0.05, 0) is 49.7 Å². The molecule has 0 amide bonds. The first kappa shape index (κ1) is 15.5. The topological polar surface area (TPSA) is 47.3 Å². The number of H-pyrrole nitrogens is 1. The van der Waals surface area contributed by atoms with Crippen molar-refractivity contribution in [2.45, 2.75) is 25.9 Å². The molecule has 1 aliphatic heterocycles. The number of nitrogens with one attached hydrogen (secondary N) is 2. The first-order chi connectivity index (χ1) is 10.7. The smallest absolute Gasteiger partial charge is 0.221 e. The Labute approximate surface area is 139 Å². The standard InChI is InChI=1S/C15H19ClN4OS/c1-21-13-6-5-11(16)9-12(13)14-17-15(22)20(18-14)10-19-7-3-2-4-8-19/h5-6,9H,2-4,7-8,10H2,1H3,(H,17,18,22)/p+1. The summed E-state index contributed by atoms with van der Waals surface area (Å²) in [5, 5.41) is 3.93. The lowest BCUT2D eigenvalue weighted by Crippen LogP contribution is -3.12. The number of rotatable bonds is 4. The normalized spacial score (nSPS) is 15.9. The maximum Gasteiger partial charge on any atom is 0.221 e. The van der Waals surface area contributed by atoms with E-state index in [-0.39, 0.29) is 0 Å². The van der Waals surface area contributed by atoms with Crippen LogP contribution < -0.4 is 9.64 Å². The van der Waals surface area contributed by atoms with Crippen LogP contribution in [0.15, 0.2) is 18.2 Å². The molecule has 0 aliphatic carbocycles. The summed E-state index contributed by atoms with van der Waals surface area (Å²) in [4.78, 5) is 6.00. The molecule has 1 aliphatic rings. The van der Waals surface area contributed by atoms with Gasteiger partial charge in [0.25, 0.3) is 0 Å². The van der Waals surface area contributed by atoms with Crippen molar-refractivity contribution >= 4 is 23.8 Å². The molecule has 0 unspecified atom stereocenters. The van der Waals surface area contributed by atoms with Crippen LogP contribution in [0.2, 0.25) is 5.02 Å². The number of hydrogen-bond donors (Lipinski definition) is 2. The number of nitrogens with zero attached hydrogens (tertiary/aromatic N) is 2. The van der Waals surface area contributed by atoms with E-state index >= 15 is 0 Å². The van der Waals surface area contributed by atoms with E-state index in [4.69, 9.17) is 28.6 Å². The highest BCUT2D eigenvalue weighted by Gasteiger charge is 2.16. The number of hydrogen-bond acceptors (Lipinski definition) is 3. The van der Waals surface area contributed by atoms with E-state index in [9.17, 15) is 0 Å². The Morgan fingerprint density at radius 1 is 1.36 bits per heavy atom. The fraction of sp³-hybridized carbons (Fsp3) is 0.467. The van der Waals surface area contributed by atoms with Crippen molar-refractivity contribution in [3.63, 3.8) is 0 Å². The van der Waals surface area contributed by atoms with Crippen molar-refractivity contribution in [1.82, 2.24) is 14.8 Å². The molecule has 0 saturated carbocycles. The fourth-order valence-corrected chi connectivity index (χ4v) is 3.26. The van der Waals surface area contributed by atoms with Gasteiger partial charge in [0.05, 0.1) is 25.8 Å². The zero-order valence-corrected chi connectivity index (χ0v) is 14.1. The first-order valence-electron chi connectivity index (χ1n) is 7.51. The summed E-state index contributed by atoms with van der Waals surface area (Å²) in [6.07, 6.45) is 3.90. The van der Waals surface area contributed by atoms with Gasteiger partial charge in [0, 0.05) is 5.02 Å². The van der Waals surface area contributed by atoms with Gasteiger partial charge in [-0.15, -0.1) is 0 Å². The predicted molar refractivity (Wildman–Crippen MR) is 89.0 cm³/mol. The zero-order chi connectivity index (χ0) is 15.5. The number of quaternary nitrogens is 1. The number of aromatic amines is 1. The van der Waals surface area contributed by atoms with Crippen LogP contribution in [0.25, 0.3) is 11.4 Å². The lowest BCUT2D eigenvalue weighted by Gasteiger charge is -2.23. The molecule has 0 atom stereocenters. The average Bonchev–Trinajstić information content (AvgIpc) is 2.89. The Morgan fingerprint density at radius 2 is 2.14 bits per heavy atom. The maximum absolute atomic E-state index is 6.09. The highest BCUT2D eigenvalue weighted by atomic mass is 35.5. The van der Waals surface area contributed by atoms with Gasteiger partial charge in [-0.2, -0.15) is 4.98 Å². The molecule has 7 heteroatoms. The summed E-state index contributed by atoms with van der Waals surface area (Å²) in [6, 6.07) is 5.48. The number of benzene rings is 1. The molecule has 1 aromatic carbocycles. The number of likely N-dealkylation sites (tertiary alicyclic amines) is 1. The zero-order valence-electron chi connectivity index (χ0n) is 12.6. The number of methoxy groups -OCH3 is 1. The highest BCUT2D eigenvalue weighted by Crippen LogP contribution is 2.30. The van der Waals surface area contributed by atoms with E-state index in [1.54, 1.807) is 13.2 Å². The maximum atomic E-state index is 6.09. The quantitative estimate of drug-likeness (QED) is 0.840. The summed E-state index contributed by atoms with van der Waals surface area (Å²) >= 11 is 11.5. The molecular weight excluding hydrogens is 320 g/mol. The number of aromatic nitrogens is 3. The van der Waals surface area contributed by atoms with E-state index < -0.39 is 0 Å². The molecule has 2 heterocycles. The lowest BCUT2D eigenvalue weighted by molar-refractivity contribution is -0.928. The summed E-state index contributed by atoms with van der Waals surface area (Å²) < 4.78 is 7.89. The second-order valence-electron chi connectivity index (χ2n) is 5.60. The molecule has 1 saturated heterocycles. The van der Waals surface area contributed by atoms with Crippen molar-refractivity contribution in [3.8, 4) is 17.1 Å². The predicted octanol–water partition coefficient (Wildman–Crippen LogP) is 2.30. The first-order valence-corrected chi connectivity index (χ1v) is 8.30. The minimum atomic E-state index is 0.565. The number of ether oxygens (including phenoxy) is 1. The largest absolute Gasteiger partial charge is 0.496 e. The fourth-order valence-electron chi connectivity index (χ4n) is 2.88. The number of piperidine rings is 1. The second-order valence-corrected chi connectivity index (χ2v) is 6.40. The summed E-state index contributed by atoms with van der Waals surface area (Å²) in [5.74, 6) is 1.42. The molecule has 22 heavy (non-hydrogen) atoms. The van der Waals surface area contributed by atoms with Gasteiger partial charge in [0.15, 0.2) is 12.5 Å². The molecule has 5 nitrogen and oxygen atoms in total. The number of halogens is 1. The molecule has 3 rings (SSSR count). The van der Waals surface area contributed by atoms with E-state index in [1.165, 1.54) is 37.3 Å². The van der Waals surface area contributed by atoms with E-state index in [0.717, 1.165) is 18.0 Å². The molecule has 2 aromatic rings. The van der Waals surface area contributed by atoms with Gasteiger partial charge in [-0.3, -0.25) is 5.10 Å². The SMILES string of the molecule is COc1ccc(Cl)cc1-c1nc(=S)n(C[NH+]2CCCCC2)[nH]1. The molecule has 1 aromatic heterocycles. The summed E-state index contributed by atoms with van der Waals surface area (Å²) in [7, 11) is 1.64. The molecular formula is C15H20ClN4OS+. The van der Waals surface area contributed by atoms with Crippen LogP contribution in [0.4, 0.5) is 0 Å². The van der Waals surface area contributed by atoms with Crippen molar-refractivity contribution in [2.75, 3.05) is 20.2 Å². The Morgan fingerprint density at radius 3 is 2.86 bits per heavy atom. The van der Waals surface area contributed by atoms with Crippen molar-refractivity contribution < 1.29 is 9.64 Å². The third-order valence-electron chi connectivity index (χ3n) is 4.04. The van der Waals surface area contributed by atoms with Crippen LogP contribution in [0.3, 0.4) is 0 Å². The van der Waals surface area contributed by atoms with Crippen molar-refractivity contribution in [1.29, 1.82) is 0 Å². The summed E-state index contributed by atoms with van der Waals surface area (Å²) in [5.41, 5.74) is 0.827. The Kier molecular flexibility index (Phi) is 4.81. The molecule has 1 fully saturated rings. The molecule has 0 radical (unpaired) electrons. The average molecular weight is 340 g/mol. The van der Waals surface area contributed by atoms with E-state index in [0.29, 0.717) is 15.6 Å². The van der Waals surface area contributed by atoms with Crippen LogP contribution in [-0.2, 0) is 6.67 Å². The molecule has 0 bridgehead atoms. The molecule has 2 N–H and O–H groups in total. The van der Waals surface area contributed by atoms with Crippen molar-refractivity contribution in [3.05, 3.63) is 28.0 Å². The van der Waals surface area contributed by atoms with Crippen LogP contribution >= 0.6 is 23.8 Å². The lowest BCUT2D eigenvalue weighted by atomic mass is 10.1. The van der Waals surface area contributed by atoms with E-state index in [2.05, 4.69) is 10.1 Å². The summed E-state index contributed by atoms with van der Waals surface area (Å²) in [6.45, 7) is 3.21. The third-order valence-corrected chi connectivity index (χ3v) is 4.59. The van der Waals surface area contributed by atoms with Gasteiger partial charge in [-0.1, -0.05) is 11.6 Å². The monoisotopic (exact) mass is 339 g/mol. The Bertz CT molecular complexity index is 706. The van der Waals surface area contributed by atoms with Crippen LogP contribution in [-0.4, -0.2) is 35.0 Å². The van der Waals surface area contributed by atoms with Crippen LogP contribution in [0.1, 0.15) is 19.3 Å². The Balaban J connectivity index is 1.88. The Hall–Kier alpha value is -1.37. The van der Waals surface area contributed by atoms with Crippen LogP contribution in [0, 0.1) is 4.77 Å². The third kappa shape index (κ3) is 3.34. The minimum Gasteiger partial charge on any atom is -0.496 e. The van der Waals surface area contributed by atoms with Crippen LogP contribution in [0.5, 0.6) is 5.75 Å². The van der Waals surface area contributed by atoms with Gasteiger partial charge in [-0.25, -0.2) is 4.68 Å². The molecule has 118 valence electrons. The van der Waals surface area contributed by atoms with Gasteiger partial charge < -0.3 is 9.64 Å². The van der Waals surface area contributed by atoms with Crippen molar-refractivity contribution in [2.24, 2.45) is 0 Å². The van der Waals surface area contributed by atoms with Gasteiger partial charge in [0.1, 0.15) is 5.75 Å². The van der Waals surface area contributed by atoms with Gasteiger partial charge >= 0.3 is 0 Å². The molecule has 0 spiro atoms. The van der Waals surface area contributed by atoms with Gasteiger partial charge in [0.2, 0.25) is 4.77 Å². The highest BCUT2D eigenvalue weighted by molar-refractivity contribution is 7.71. The van der Waals surface area contributed by atoms with E-state index in [1.807, 2.05) is 16.8 Å². The second kappa shape index (κ2) is 6.81.